The van der Waals surface area contributed by atoms with E-state index in [-0.39, 0.29) is 6.03 Å². The van der Waals surface area contributed by atoms with Crippen molar-refractivity contribution >= 4 is 6.03 Å². The van der Waals surface area contributed by atoms with E-state index < -0.39 is 0 Å². The van der Waals surface area contributed by atoms with Crippen molar-refractivity contribution in [1.82, 2.24) is 20.0 Å². The molecule has 1 N–H and O–H groups in total. The van der Waals surface area contributed by atoms with E-state index >= 15 is 0 Å². The number of rotatable bonds is 4. The van der Waals surface area contributed by atoms with Gasteiger partial charge in [-0.05, 0) is 51.2 Å². The average molecular weight is 296 g/mol. The predicted octanol–water partition coefficient (Wildman–Crippen LogP) is 1.45. The van der Waals surface area contributed by atoms with Crippen LogP contribution in [0.15, 0.2) is 0 Å². The van der Waals surface area contributed by atoms with Crippen LogP contribution < -0.4 is 5.32 Å². The lowest BCUT2D eigenvalue weighted by molar-refractivity contribution is 0.0955. The quantitative estimate of drug-likeness (QED) is 0.853. The number of likely N-dealkylation sites (tertiary alicyclic amines) is 1. The highest BCUT2D eigenvalue weighted by molar-refractivity contribution is 5.73. The summed E-state index contributed by atoms with van der Waals surface area (Å²) in [5, 5.41) is 3.52. The van der Waals surface area contributed by atoms with E-state index in [0.29, 0.717) is 6.04 Å². The van der Waals surface area contributed by atoms with Crippen molar-refractivity contribution in [3.05, 3.63) is 0 Å². The molecule has 21 heavy (non-hydrogen) atoms. The van der Waals surface area contributed by atoms with Crippen LogP contribution in [0.4, 0.5) is 4.79 Å². The molecule has 2 heterocycles. The van der Waals surface area contributed by atoms with Gasteiger partial charge >= 0.3 is 6.03 Å². The number of nitrogens with one attached hydrogen (secondary N) is 1. The largest absolute Gasteiger partial charge is 0.331 e. The summed E-state index contributed by atoms with van der Waals surface area (Å²) >= 11 is 0. The summed E-state index contributed by atoms with van der Waals surface area (Å²) in [5.41, 5.74) is 0. The first-order chi connectivity index (χ1) is 10.1. The molecule has 5 heteroatoms. The fourth-order valence-corrected chi connectivity index (χ4v) is 3.65. The third-order valence-corrected chi connectivity index (χ3v) is 4.93. The van der Waals surface area contributed by atoms with Gasteiger partial charge in [0.2, 0.25) is 0 Å². The molecule has 0 aliphatic carbocycles. The Balaban J connectivity index is 1.79. The number of nitrogens with zero attached hydrogens (tertiary/aromatic N) is 3. The van der Waals surface area contributed by atoms with E-state index in [2.05, 4.69) is 17.1 Å². The Bertz CT molecular complexity index is 320. The van der Waals surface area contributed by atoms with Crippen LogP contribution in [0.25, 0.3) is 0 Å². The van der Waals surface area contributed by atoms with Gasteiger partial charge in [0.05, 0.1) is 0 Å². The number of piperidine rings is 2. The van der Waals surface area contributed by atoms with Crippen molar-refractivity contribution in [3.8, 4) is 0 Å². The monoisotopic (exact) mass is 296 g/mol. The summed E-state index contributed by atoms with van der Waals surface area (Å²) in [4.78, 5) is 18.3. The van der Waals surface area contributed by atoms with Crippen molar-refractivity contribution in [1.29, 1.82) is 0 Å². The van der Waals surface area contributed by atoms with Crippen molar-refractivity contribution < 1.29 is 4.79 Å². The Kier molecular flexibility index (Phi) is 6.30. The number of hydrogen-bond donors (Lipinski definition) is 1. The molecule has 2 saturated heterocycles. The summed E-state index contributed by atoms with van der Waals surface area (Å²) in [7, 11) is 3.67. The van der Waals surface area contributed by atoms with Gasteiger partial charge in [0.25, 0.3) is 0 Å². The summed E-state index contributed by atoms with van der Waals surface area (Å²) < 4.78 is 0. The van der Waals surface area contributed by atoms with Gasteiger partial charge in [0, 0.05) is 39.8 Å². The summed E-state index contributed by atoms with van der Waals surface area (Å²) in [5.74, 6) is 0.806. The molecule has 0 aromatic heterocycles. The van der Waals surface area contributed by atoms with Gasteiger partial charge in [-0.2, -0.15) is 0 Å². The molecule has 2 aliphatic heterocycles. The number of carbonyl (C=O) groups is 1. The van der Waals surface area contributed by atoms with E-state index in [1.54, 1.807) is 4.90 Å². The minimum atomic E-state index is 0.160. The molecular weight excluding hydrogens is 264 g/mol. The first kappa shape index (κ1) is 16.6. The maximum atomic E-state index is 12.0. The second-order valence-corrected chi connectivity index (χ2v) is 6.70. The lowest BCUT2D eigenvalue weighted by Gasteiger charge is -2.40. The third kappa shape index (κ3) is 4.58. The van der Waals surface area contributed by atoms with Crippen LogP contribution in [-0.4, -0.2) is 80.1 Å². The summed E-state index contributed by atoms with van der Waals surface area (Å²) in [6.45, 7) is 8.79. The zero-order valence-electron chi connectivity index (χ0n) is 14.0. The fraction of sp³-hybridized carbons (Fsp3) is 0.938. The van der Waals surface area contributed by atoms with Crippen LogP contribution in [0.3, 0.4) is 0 Å². The molecule has 0 aromatic carbocycles. The standard InChI is InChI=1S/C16H32N4O/c1-4-19(13-14-6-5-9-17-12-14)15-7-10-20(11-8-15)16(21)18(2)3/h14-15,17H,4-13H2,1-3H3. The molecule has 2 aliphatic rings. The molecule has 0 radical (unpaired) electrons. The SMILES string of the molecule is CCN(CC1CCCNC1)C1CCN(C(=O)N(C)C)CC1. The van der Waals surface area contributed by atoms with Gasteiger partial charge in [0.15, 0.2) is 0 Å². The lowest BCUT2D eigenvalue weighted by atomic mass is 9.96. The highest BCUT2D eigenvalue weighted by Crippen LogP contribution is 2.20. The van der Waals surface area contributed by atoms with Crippen LogP contribution in [0.1, 0.15) is 32.6 Å². The molecular formula is C16H32N4O. The molecule has 0 bridgehead atoms. The van der Waals surface area contributed by atoms with Crippen LogP contribution in [0, 0.1) is 5.92 Å². The van der Waals surface area contributed by atoms with Crippen LogP contribution in [-0.2, 0) is 0 Å². The molecule has 122 valence electrons. The zero-order valence-corrected chi connectivity index (χ0v) is 14.0. The van der Waals surface area contributed by atoms with Gasteiger partial charge in [-0.1, -0.05) is 6.92 Å². The molecule has 0 aromatic rings. The number of urea groups is 1. The first-order valence-electron chi connectivity index (χ1n) is 8.52. The molecule has 1 unspecified atom stereocenters. The minimum absolute atomic E-state index is 0.160. The number of amides is 2. The van der Waals surface area contributed by atoms with Gasteiger partial charge < -0.3 is 20.0 Å². The van der Waals surface area contributed by atoms with Crippen molar-refractivity contribution in [2.75, 3.05) is 53.4 Å². The van der Waals surface area contributed by atoms with Gasteiger partial charge in [0.1, 0.15) is 0 Å². The predicted molar refractivity (Wildman–Crippen MR) is 86.5 cm³/mol. The number of hydrogen-bond acceptors (Lipinski definition) is 3. The normalized spacial score (nSPS) is 24.4. The second-order valence-electron chi connectivity index (χ2n) is 6.70. The Morgan fingerprint density at radius 2 is 1.95 bits per heavy atom. The molecule has 2 amide bonds. The van der Waals surface area contributed by atoms with Crippen LogP contribution >= 0.6 is 0 Å². The van der Waals surface area contributed by atoms with Crippen molar-refractivity contribution in [2.45, 2.75) is 38.6 Å². The average Bonchev–Trinajstić information content (AvgIpc) is 2.53. The Labute approximate surface area is 129 Å². The molecule has 2 fully saturated rings. The van der Waals surface area contributed by atoms with Crippen molar-refractivity contribution in [3.63, 3.8) is 0 Å². The molecule has 0 spiro atoms. The van der Waals surface area contributed by atoms with Crippen LogP contribution in [0.2, 0.25) is 0 Å². The van der Waals surface area contributed by atoms with E-state index in [1.165, 1.54) is 32.5 Å². The highest BCUT2D eigenvalue weighted by atomic mass is 16.2. The second kappa shape index (κ2) is 7.99. The van der Waals surface area contributed by atoms with Gasteiger partial charge in [-0.25, -0.2) is 4.79 Å². The zero-order chi connectivity index (χ0) is 15.2. The van der Waals surface area contributed by atoms with Gasteiger partial charge in [-0.3, -0.25) is 0 Å². The Morgan fingerprint density at radius 3 is 2.48 bits per heavy atom. The molecule has 0 saturated carbocycles. The van der Waals surface area contributed by atoms with E-state index in [4.69, 9.17) is 0 Å². The maximum Gasteiger partial charge on any atom is 0.319 e. The first-order valence-corrected chi connectivity index (χ1v) is 8.52. The van der Waals surface area contributed by atoms with Crippen LogP contribution in [0.5, 0.6) is 0 Å². The molecule has 2 rings (SSSR count). The fourth-order valence-electron chi connectivity index (χ4n) is 3.65. The van der Waals surface area contributed by atoms with E-state index in [9.17, 15) is 4.79 Å². The molecule has 5 nitrogen and oxygen atoms in total. The van der Waals surface area contributed by atoms with Crippen molar-refractivity contribution in [2.24, 2.45) is 5.92 Å². The minimum Gasteiger partial charge on any atom is -0.331 e. The Hall–Kier alpha value is -0.810. The number of carbonyl (C=O) groups excluding carboxylic acids is 1. The Morgan fingerprint density at radius 1 is 1.24 bits per heavy atom. The summed E-state index contributed by atoms with van der Waals surface area (Å²) in [6, 6.07) is 0.816. The van der Waals surface area contributed by atoms with Gasteiger partial charge in [-0.15, -0.1) is 0 Å². The summed E-state index contributed by atoms with van der Waals surface area (Å²) in [6.07, 6.45) is 4.92. The van der Waals surface area contributed by atoms with E-state index in [1.807, 2.05) is 19.0 Å². The topological polar surface area (TPSA) is 38.8 Å². The highest BCUT2D eigenvalue weighted by Gasteiger charge is 2.28. The molecule has 1 atom stereocenters. The third-order valence-electron chi connectivity index (χ3n) is 4.93. The lowest BCUT2D eigenvalue weighted by Crippen LogP contribution is -2.50. The van der Waals surface area contributed by atoms with E-state index in [0.717, 1.165) is 38.4 Å². The smallest absolute Gasteiger partial charge is 0.319 e. The maximum absolute atomic E-state index is 12.0.